The second-order valence-electron chi connectivity index (χ2n) is 8.50. The van der Waals surface area contributed by atoms with Crippen LogP contribution >= 0.6 is 11.3 Å². The molecule has 0 saturated heterocycles. The van der Waals surface area contributed by atoms with E-state index in [4.69, 9.17) is 11.1 Å². The lowest BCUT2D eigenvalue weighted by Gasteiger charge is -2.27. The molecule has 2 heterocycles. The lowest BCUT2D eigenvalue weighted by Crippen LogP contribution is -2.42. The summed E-state index contributed by atoms with van der Waals surface area (Å²) in [5.41, 5.74) is 10.9. The smallest absolute Gasteiger partial charge is 0.265 e. The van der Waals surface area contributed by atoms with Gasteiger partial charge in [-0.3, -0.25) is 14.4 Å². The van der Waals surface area contributed by atoms with Gasteiger partial charge in [0, 0.05) is 46.7 Å². The van der Waals surface area contributed by atoms with E-state index >= 15 is 0 Å². The largest absolute Gasteiger partial charge is 0.398 e. The standard InChI is InChI=1S/C26H27N5O3S.C2H6/c1-15-4-3-5-21(16(15)2)30-26(34)23-11-19-14-31(9-8-22(19)35-23)24(32)13-29-25(33)17-6-7-20(28)18(10-17)12-27;1-2/h3-7,10-12,27H,8-9,13-14,28H2,1-2H3,(H,29,33)(H,30,34);1-2H3. The number of benzene rings is 2. The average Bonchev–Trinajstić information content (AvgIpc) is 3.35. The van der Waals surface area contributed by atoms with E-state index in [1.54, 1.807) is 17.0 Å². The van der Waals surface area contributed by atoms with Crippen molar-refractivity contribution in [3.8, 4) is 0 Å². The van der Waals surface area contributed by atoms with Crippen molar-refractivity contribution in [2.24, 2.45) is 0 Å². The van der Waals surface area contributed by atoms with Gasteiger partial charge in [-0.2, -0.15) is 0 Å². The Morgan fingerprint density at radius 3 is 2.59 bits per heavy atom. The number of hydrogen-bond acceptors (Lipinski definition) is 6. The molecule has 0 fully saturated rings. The van der Waals surface area contributed by atoms with E-state index in [1.165, 1.54) is 17.4 Å². The molecule has 0 radical (unpaired) electrons. The Morgan fingerprint density at radius 2 is 1.86 bits per heavy atom. The summed E-state index contributed by atoms with van der Waals surface area (Å²) in [4.78, 5) is 41.4. The highest BCUT2D eigenvalue weighted by atomic mass is 32.1. The van der Waals surface area contributed by atoms with Crippen LogP contribution in [0, 0.1) is 19.3 Å². The summed E-state index contributed by atoms with van der Waals surface area (Å²) in [6, 6.07) is 12.3. The molecule has 194 valence electrons. The number of carbonyl (C=O) groups is 3. The van der Waals surface area contributed by atoms with Crippen LogP contribution in [0.2, 0.25) is 0 Å². The van der Waals surface area contributed by atoms with Crippen LogP contribution in [0.15, 0.2) is 42.5 Å². The number of rotatable bonds is 6. The van der Waals surface area contributed by atoms with Crippen LogP contribution in [-0.2, 0) is 17.8 Å². The van der Waals surface area contributed by atoms with Crippen molar-refractivity contribution < 1.29 is 14.4 Å². The van der Waals surface area contributed by atoms with Gasteiger partial charge in [-0.15, -0.1) is 11.3 Å². The summed E-state index contributed by atoms with van der Waals surface area (Å²) >= 11 is 1.46. The number of aryl methyl sites for hydroxylation is 1. The molecule has 2 aromatic carbocycles. The molecule has 0 spiro atoms. The quantitative estimate of drug-likeness (QED) is 0.282. The summed E-state index contributed by atoms with van der Waals surface area (Å²) in [6.45, 7) is 8.78. The Bertz CT molecular complexity index is 1330. The van der Waals surface area contributed by atoms with Crippen LogP contribution in [0.4, 0.5) is 11.4 Å². The fourth-order valence-corrected chi connectivity index (χ4v) is 5.00. The van der Waals surface area contributed by atoms with Crippen LogP contribution < -0.4 is 16.4 Å². The second-order valence-corrected chi connectivity index (χ2v) is 9.63. The third-order valence-electron chi connectivity index (χ3n) is 6.20. The normalized spacial score (nSPS) is 12.1. The van der Waals surface area contributed by atoms with Gasteiger partial charge in [-0.1, -0.05) is 26.0 Å². The molecule has 1 aliphatic rings. The van der Waals surface area contributed by atoms with Crippen molar-refractivity contribution in [1.29, 1.82) is 5.41 Å². The van der Waals surface area contributed by atoms with Gasteiger partial charge in [-0.05, 0) is 67.3 Å². The molecule has 0 aliphatic carbocycles. The van der Waals surface area contributed by atoms with Gasteiger partial charge in [0.1, 0.15) is 0 Å². The monoisotopic (exact) mass is 519 g/mol. The zero-order valence-corrected chi connectivity index (χ0v) is 22.4. The van der Waals surface area contributed by atoms with E-state index in [0.29, 0.717) is 41.2 Å². The molecule has 4 rings (SSSR count). The second kappa shape index (κ2) is 12.3. The number of carbonyl (C=O) groups excluding carboxylic acids is 3. The zero-order valence-electron chi connectivity index (χ0n) is 21.6. The van der Waals surface area contributed by atoms with E-state index in [0.717, 1.165) is 33.5 Å². The minimum Gasteiger partial charge on any atom is -0.398 e. The lowest BCUT2D eigenvalue weighted by atomic mass is 10.1. The molecule has 1 aliphatic heterocycles. The number of nitrogens with zero attached hydrogens (tertiary/aromatic N) is 1. The van der Waals surface area contributed by atoms with E-state index in [-0.39, 0.29) is 18.4 Å². The third-order valence-corrected chi connectivity index (χ3v) is 7.44. The van der Waals surface area contributed by atoms with Gasteiger partial charge in [0.25, 0.3) is 11.8 Å². The first-order valence-electron chi connectivity index (χ1n) is 12.2. The maximum atomic E-state index is 12.8. The molecular weight excluding hydrogens is 486 g/mol. The topological polar surface area (TPSA) is 128 Å². The van der Waals surface area contributed by atoms with Crippen LogP contribution in [0.3, 0.4) is 0 Å². The molecule has 9 heteroatoms. The lowest BCUT2D eigenvalue weighted by molar-refractivity contribution is -0.131. The van der Waals surface area contributed by atoms with E-state index in [1.807, 2.05) is 52.0 Å². The number of hydrogen-bond donors (Lipinski definition) is 4. The Kier molecular flexibility index (Phi) is 9.19. The van der Waals surface area contributed by atoms with Gasteiger partial charge in [0.05, 0.1) is 11.4 Å². The highest BCUT2D eigenvalue weighted by Gasteiger charge is 2.25. The molecular formula is C28H33N5O3S. The first-order chi connectivity index (χ1) is 17.8. The SMILES string of the molecule is CC.Cc1cccc(NC(=O)c2cc3c(s2)CCN(C(=O)CNC(=O)c2ccc(N)c(C=N)c2)C3)c1C. The predicted molar refractivity (Wildman–Crippen MR) is 150 cm³/mol. The van der Waals surface area contributed by atoms with Crippen molar-refractivity contribution in [3.05, 3.63) is 80.0 Å². The van der Waals surface area contributed by atoms with Gasteiger partial charge in [-0.25, -0.2) is 0 Å². The summed E-state index contributed by atoms with van der Waals surface area (Å²) in [5, 5.41) is 13.0. The fourth-order valence-electron chi connectivity index (χ4n) is 3.94. The van der Waals surface area contributed by atoms with Crippen molar-refractivity contribution in [3.63, 3.8) is 0 Å². The van der Waals surface area contributed by atoms with Gasteiger partial charge in [0.15, 0.2) is 0 Å². The molecule has 0 unspecified atom stereocenters. The van der Waals surface area contributed by atoms with Gasteiger partial charge >= 0.3 is 0 Å². The van der Waals surface area contributed by atoms with Crippen molar-refractivity contribution in [2.75, 3.05) is 24.1 Å². The summed E-state index contributed by atoms with van der Waals surface area (Å²) < 4.78 is 0. The van der Waals surface area contributed by atoms with E-state index in [2.05, 4.69) is 10.6 Å². The Morgan fingerprint density at radius 1 is 1.11 bits per heavy atom. The maximum Gasteiger partial charge on any atom is 0.265 e. The minimum atomic E-state index is -0.403. The summed E-state index contributed by atoms with van der Waals surface area (Å²) in [5.74, 6) is -0.754. The molecule has 0 saturated carbocycles. The molecule has 3 amide bonds. The molecule has 37 heavy (non-hydrogen) atoms. The van der Waals surface area contributed by atoms with Crippen molar-refractivity contribution >= 4 is 46.6 Å². The maximum absolute atomic E-state index is 12.8. The highest BCUT2D eigenvalue weighted by Crippen LogP contribution is 2.29. The van der Waals surface area contributed by atoms with E-state index < -0.39 is 5.91 Å². The summed E-state index contributed by atoms with van der Waals surface area (Å²) in [6.07, 6.45) is 1.75. The Hall–Kier alpha value is -3.98. The van der Waals surface area contributed by atoms with Crippen LogP contribution in [0.25, 0.3) is 0 Å². The first-order valence-corrected chi connectivity index (χ1v) is 13.0. The number of nitrogens with one attached hydrogen (secondary N) is 3. The number of nitrogen functional groups attached to an aromatic ring is 1. The number of nitrogens with two attached hydrogens (primary N) is 1. The zero-order chi connectivity index (χ0) is 27.1. The van der Waals surface area contributed by atoms with Gasteiger partial charge in [0.2, 0.25) is 5.91 Å². The average molecular weight is 520 g/mol. The molecule has 0 bridgehead atoms. The van der Waals surface area contributed by atoms with Crippen LogP contribution in [0.5, 0.6) is 0 Å². The molecule has 3 aromatic rings. The molecule has 1 aromatic heterocycles. The number of fused-ring (bicyclic) bond motifs is 1. The Balaban J connectivity index is 0.00000186. The molecule has 0 atom stereocenters. The predicted octanol–water partition coefficient (Wildman–Crippen LogP) is 4.54. The Labute approximate surface area is 221 Å². The number of amides is 3. The minimum absolute atomic E-state index is 0.136. The number of thiophene rings is 1. The van der Waals surface area contributed by atoms with Crippen LogP contribution in [0.1, 0.15) is 61.0 Å². The van der Waals surface area contributed by atoms with Crippen molar-refractivity contribution in [1.82, 2.24) is 10.2 Å². The van der Waals surface area contributed by atoms with Gasteiger partial charge < -0.3 is 26.7 Å². The molecule has 8 nitrogen and oxygen atoms in total. The van der Waals surface area contributed by atoms with Crippen molar-refractivity contribution in [2.45, 2.75) is 40.7 Å². The first kappa shape index (κ1) is 27.6. The number of anilines is 2. The molecule has 5 N–H and O–H groups in total. The third kappa shape index (κ3) is 6.42. The fraction of sp³-hybridized carbons (Fsp3) is 0.286. The summed E-state index contributed by atoms with van der Waals surface area (Å²) in [7, 11) is 0. The van der Waals surface area contributed by atoms with E-state index in [9.17, 15) is 14.4 Å². The van der Waals surface area contributed by atoms with Crippen LogP contribution in [-0.4, -0.2) is 41.9 Å². The highest BCUT2D eigenvalue weighted by molar-refractivity contribution is 7.14.